The predicted octanol–water partition coefficient (Wildman–Crippen LogP) is 2.55. The zero-order chi connectivity index (χ0) is 19.8. The summed E-state index contributed by atoms with van der Waals surface area (Å²) >= 11 is 0. The molecule has 0 saturated heterocycles. The van der Waals surface area contributed by atoms with Crippen molar-refractivity contribution in [2.24, 2.45) is 0 Å². The maximum atomic E-state index is 13.6. The van der Waals surface area contributed by atoms with Crippen LogP contribution in [0.15, 0.2) is 42.5 Å². The predicted molar refractivity (Wildman–Crippen MR) is 101 cm³/mol. The summed E-state index contributed by atoms with van der Waals surface area (Å²) in [6, 6.07) is 11.3. The molecule has 0 atom stereocenters. The van der Waals surface area contributed by atoms with E-state index in [0.29, 0.717) is 22.7 Å². The summed E-state index contributed by atoms with van der Waals surface area (Å²) in [5.41, 5.74) is 0.876. The Morgan fingerprint density at radius 1 is 1.11 bits per heavy atom. The van der Waals surface area contributed by atoms with Gasteiger partial charge >= 0.3 is 0 Å². The highest BCUT2D eigenvalue weighted by Crippen LogP contribution is 2.32. The average Bonchev–Trinajstić information content (AvgIpc) is 2.66. The molecule has 2 rings (SSSR count). The van der Waals surface area contributed by atoms with Gasteiger partial charge in [-0.25, -0.2) is 4.39 Å². The molecule has 0 unspecified atom stereocenters. The van der Waals surface area contributed by atoms with Gasteiger partial charge in [0.05, 0.1) is 26.3 Å². The van der Waals surface area contributed by atoms with E-state index in [1.165, 1.54) is 32.1 Å². The van der Waals surface area contributed by atoms with E-state index in [-0.39, 0.29) is 31.3 Å². The van der Waals surface area contributed by atoms with Gasteiger partial charge in [-0.15, -0.1) is 0 Å². The van der Waals surface area contributed by atoms with E-state index in [9.17, 15) is 14.0 Å². The third-order valence-corrected chi connectivity index (χ3v) is 4.02. The minimum absolute atomic E-state index is 0.0603. The molecule has 144 valence electrons. The van der Waals surface area contributed by atoms with E-state index in [1.807, 2.05) is 0 Å². The summed E-state index contributed by atoms with van der Waals surface area (Å²) in [6.07, 6.45) is -0.0603. The standard InChI is InChI=1S/C20H23FN2O4/c1-14(24)23(18-13-16(26-2)8-9-19(18)27-3)11-10-22-20(25)12-15-6-4-5-7-17(15)21/h4-9,13H,10-12H2,1-3H3,(H,22,25). The van der Waals surface area contributed by atoms with E-state index >= 15 is 0 Å². The number of amides is 2. The van der Waals surface area contributed by atoms with Crippen molar-refractivity contribution in [3.63, 3.8) is 0 Å². The molecule has 2 aromatic rings. The molecule has 0 fully saturated rings. The van der Waals surface area contributed by atoms with Gasteiger partial charge in [-0.2, -0.15) is 0 Å². The van der Waals surface area contributed by atoms with Gasteiger partial charge in [-0.05, 0) is 23.8 Å². The first kappa shape index (κ1) is 20.2. The fraction of sp³-hybridized carbons (Fsp3) is 0.300. The van der Waals surface area contributed by atoms with Gasteiger partial charge in [-0.3, -0.25) is 9.59 Å². The smallest absolute Gasteiger partial charge is 0.224 e. The van der Waals surface area contributed by atoms with Crippen LogP contribution in [0.3, 0.4) is 0 Å². The number of methoxy groups -OCH3 is 2. The molecule has 0 saturated carbocycles. The number of nitrogens with one attached hydrogen (secondary N) is 1. The molecule has 0 radical (unpaired) electrons. The van der Waals surface area contributed by atoms with Crippen molar-refractivity contribution in [1.29, 1.82) is 0 Å². The lowest BCUT2D eigenvalue weighted by atomic mass is 10.1. The Morgan fingerprint density at radius 3 is 2.48 bits per heavy atom. The summed E-state index contributed by atoms with van der Waals surface area (Å²) in [7, 11) is 3.05. The fourth-order valence-corrected chi connectivity index (χ4v) is 2.64. The molecule has 0 aliphatic rings. The van der Waals surface area contributed by atoms with Crippen molar-refractivity contribution < 1.29 is 23.5 Å². The van der Waals surface area contributed by atoms with E-state index in [4.69, 9.17) is 9.47 Å². The Hall–Kier alpha value is -3.09. The van der Waals surface area contributed by atoms with Crippen LogP contribution in [-0.4, -0.2) is 39.1 Å². The summed E-state index contributed by atoms with van der Waals surface area (Å²) in [5.74, 6) is 0.162. The average molecular weight is 374 g/mol. The lowest BCUT2D eigenvalue weighted by Crippen LogP contribution is -2.38. The lowest BCUT2D eigenvalue weighted by Gasteiger charge is -2.24. The van der Waals surface area contributed by atoms with Crippen LogP contribution < -0.4 is 19.7 Å². The number of rotatable bonds is 8. The van der Waals surface area contributed by atoms with Crippen molar-refractivity contribution in [3.8, 4) is 11.5 Å². The van der Waals surface area contributed by atoms with Crippen LogP contribution in [0.5, 0.6) is 11.5 Å². The van der Waals surface area contributed by atoms with E-state index in [1.54, 1.807) is 36.4 Å². The highest BCUT2D eigenvalue weighted by Gasteiger charge is 2.17. The molecule has 1 N–H and O–H groups in total. The molecule has 2 amide bonds. The number of halogens is 1. The number of anilines is 1. The normalized spacial score (nSPS) is 10.2. The Bertz CT molecular complexity index is 810. The Kier molecular flexibility index (Phi) is 7.16. The SMILES string of the molecule is COc1ccc(OC)c(N(CCNC(=O)Cc2ccccc2F)C(C)=O)c1. The van der Waals surface area contributed by atoms with E-state index in [0.717, 1.165) is 0 Å². The number of nitrogens with zero attached hydrogens (tertiary/aromatic N) is 1. The number of hydrogen-bond donors (Lipinski definition) is 1. The van der Waals surface area contributed by atoms with Crippen molar-refractivity contribution in [2.75, 3.05) is 32.2 Å². The first-order chi connectivity index (χ1) is 13.0. The van der Waals surface area contributed by atoms with E-state index in [2.05, 4.69) is 5.32 Å². The number of hydrogen-bond acceptors (Lipinski definition) is 4. The molecule has 27 heavy (non-hydrogen) atoms. The molecule has 7 heteroatoms. The van der Waals surface area contributed by atoms with Gasteiger partial charge in [0.25, 0.3) is 0 Å². The quantitative estimate of drug-likeness (QED) is 0.771. The Labute approximate surface area is 157 Å². The van der Waals surface area contributed by atoms with Crippen LogP contribution in [0.2, 0.25) is 0 Å². The van der Waals surface area contributed by atoms with Crippen LogP contribution in [0, 0.1) is 5.82 Å². The molecule has 0 heterocycles. The van der Waals surface area contributed by atoms with Crippen molar-refractivity contribution in [3.05, 3.63) is 53.8 Å². The molecule has 0 bridgehead atoms. The maximum Gasteiger partial charge on any atom is 0.224 e. The van der Waals surface area contributed by atoms with Gasteiger partial charge in [0, 0.05) is 26.1 Å². The lowest BCUT2D eigenvalue weighted by molar-refractivity contribution is -0.121. The second-order valence-electron chi connectivity index (χ2n) is 5.83. The number of ether oxygens (including phenoxy) is 2. The minimum atomic E-state index is -0.417. The third-order valence-electron chi connectivity index (χ3n) is 4.02. The molecule has 2 aromatic carbocycles. The number of carbonyl (C=O) groups excluding carboxylic acids is 2. The summed E-state index contributed by atoms with van der Waals surface area (Å²) in [4.78, 5) is 25.6. The largest absolute Gasteiger partial charge is 0.497 e. The maximum absolute atomic E-state index is 13.6. The second kappa shape index (κ2) is 9.56. The van der Waals surface area contributed by atoms with Gasteiger partial charge in [0.15, 0.2) is 0 Å². The highest BCUT2D eigenvalue weighted by molar-refractivity contribution is 5.93. The van der Waals surface area contributed by atoms with Crippen molar-refractivity contribution >= 4 is 17.5 Å². The first-order valence-electron chi connectivity index (χ1n) is 8.46. The highest BCUT2D eigenvalue weighted by atomic mass is 19.1. The Balaban J connectivity index is 2.02. The third kappa shape index (κ3) is 5.44. The van der Waals surface area contributed by atoms with Crippen molar-refractivity contribution in [1.82, 2.24) is 5.32 Å². The zero-order valence-corrected chi connectivity index (χ0v) is 15.6. The fourth-order valence-electron chi connectivity index (χ4n) is 2.64. The topological polar surface area (TPSA) is 67.9 Å². The first-order valence-corrected chi connectivity index (χ1v) is 8.46. The number of benzene rings is 2. The minimum Gasteiger partial charge on any atom is -0.497 e. The monoisotopic (exact) mass is 374 g/mol. The van der Waals surface area contributed by atoms with Crippen molar-refractivity contribution in [2.45, 2.75) is 13.3 Å². The summed E-state index contributed by atoms with van der Waals surface area (Å²) < 4.78 is 24.1. The van der Waals surface area contributed by atoms with Gasteiger partial charge in [0.2, 0.25) is 11.8 Å². The zero-order valence-electron chi connectivity index (χ0n) is 15.6. The van der Waals surface area contributed by atoms with Crippen LogP contribution in [0.4, 0.5) is 10.1 Å². The Morgan fingerprint density at radius 2 is 1.85 bits per heavy atom. The van der Waals surface area contributed by atoms with Crippen LogP contribution >= 0.6 is 0 Å². The molecular formula is C20H23FN2O4. The van der Waals surface area contributed by atoms with Crippen LogP contribution in [0.25, 0.3) is 0 Å². The molecule has 6 nitrogen and oxygen atoms in total. The molecular weight excluding hydrogens is 351 g/mol. The number of carbonyl (C=O) groups is 2. The molecule has 0 aliphatic heterocycles. The summed E-state index contributed by atoms with van der Waals surface area (Å²) in [5, 5.41) is 2.71. The second-order valence-corrected chi connectivity index (χ2v) is 5.83. The van der Waals surface area contributed by atoms with Gasteiger partial charge in [-0.1, -0.05) is 18.2 Å². The van der Waals surface area contributed by atoms with E-state index < -0.39 is 5.82 Å². The molecule has 0 aromatic heterocycles. The molecule has 0 spiro atoms. The van der Waals surface area contributed by atoms with Gasteiger partial charge < -0.3 is 19.7 Å². The molecule has 0 aliphatic carbocycles. The van der Waals surface area contributed by atoms with Gasteiger partial charge in [0.1, 0.15) is 17.3 Å². The van der Waals surface area contributed by atoms with Crippen LogP contribution in [0.1, 0.15) is 12.5 Å². The van der Waals surface area contributed by atoms with Crippen LogP contribution in [-0.2, 0) is 16.0 Å². The summed E-state index contributed by atoms with van der Waals surface area (Å²) in [6.45, 7) is 1.88.